The monoisotopic (exact) mass is 314 g/mol. The molecule has 0 unspecified atom stereocenters. The van der Waals surface area contributed by atoms with Crippen LogP contribution in [0.3, 0.4) is 0 Å². The third kappa shape index (κ3) is 2.69. The molecular weight excluding hydrogens is 293 g/mol. The smallest absolute Gasteiger partial charge is 0.330 e. The van der Waals surface area contributed by atoms with Crippen LogP contribution in [0.25, 0.3) is 0 Å². The zero-order valence-electron chi connectivity index (χ0n) is 11.3. The zero-order valence-corrected chi connectivity index (χ0v) is 12.1. The maximum absolute atomic E-state index is 13.1. The van der Waals surface area contributed by atoms with Gasteiger partial charge in [0.15, 0.2) is 0 Å². The van der Waals surface area contributed by atoms with E-state index in [4.69, 9.17) is 5.73 Å². The number of nitrogens with zero attached hydrogens (tertiary/aromatic N) is 1. The van der Waals surface area contributed by atoms with Gasteiger partial charge >= 0.3 is 6.18 Å². The van der Waals surface area contributed by atoms with Gasteiger partial charge in [-0.3, -0.25) is 0 Å². The maximum Gasteiger partial charge on any atom is 0.395 e. The third-order valence-electron chi connectivity index (χ3n) is 4.75. The van der Waals surface area contributed by atoms with Crippen molar-refractivity contribution in [1.29, 1.82) is 0 Å². The van der Waals surface area contributed by atoms with Crippen molar-refractivity contribution in [1.82, 2.24) is 4.31 Å². The summed E-state index contributed by atoms with van der Waals surface area (Å²) < 4.78 is 65.2. The molecule has 0 aromatic heterocycles. The van der Waals surface area contributed by atoms with E-state index < -0.39 is 33.4 Å². The number of sulfonamides is 1. The zero-order chi connectivity index (χ0) is 15.0. The van der Waals surface area contributed by atoms with Gasteiger partial charge in [-0.25, -0.2) is 12.7 Å². The van der Waals surface area contributed by atoms with Gasteiger partial charge in [-0.15, -0.1) is 0 Å². The van der Waals surface area contributed by atoms with Crippen LogP contribution < -0.4 is 5.73 Å². The fourth-order valence-electron chi connectivity index (χ4n) is 3.17. The van der Waals surface area contributed by atoms with Gasteiger partial charge in [0.1, 0.15) is 0 Å². The second kappa shape index (κ2) is 5.46. The quantitative estimate of drug-likeness (QED) is 0.865. The first-order valence-electron chi connectivity index (χ1n) is 6.99. The molecule has 118 valence electrons. The van der Waals surface area contributed by atoms with Crippen LogP contribution in [-0.2, 0) is 10.0 Å². The number of nitrogens with two attached hydrogens (primary N) is 1. The summed E-state index contributed by atoms with van der Waals surface area (Å²) in [4.78, 5) is 0. The molecule has 0 spiro atoms. The van der Waals surface area contributed by atoms with Crippen LogP contribution in [0.2, 0.25) is 0 Å². The molecule has 2 fully saturated rings. The lowest BCUT2D eigenvalue weighted by Gasteiger charge is -2.42. The molecule has 0 bridgehead atoms. The molecule has 4 nitrogen and oxygen atoms in total. The second-order valence-electron chi connectivity index (χ2n) is 5.83. The lowest BCUT2D eigenvalue weighted by molar-refractivity contribution is -0.231. The van der Waals surface area contributed by atoms with Gasteiger partial charge in [-0.05, 0) is 25.7 Å². The average molecular weight is 314 g/mol. The number of rotatable bonds is 3. The van der Waals surface area contributed by atoms with Gasteiger partial charge in [0.2, 0.25) is 10.0 Å². The molecule has 20 heavy (non-hydrogen) atoms. The highest BCUT2D eigenvalue weighted by atomic mass is 32.2. The Morgan fingerprint density at radius 3 is 2.05 bits per heavy atom. The summed E-state index contributed by atoms with van der Waals surface area (Å²) in [6.07, 6.45) is -1.83. The molecule has 0 radical (unpaired) electrons. The Balaban J connectivity index is 2.07. The Kier molecular flexibility index (Phi) is 4.37. The Morgan fingerprint density at radius 2 is 1.65 bits per heavy atom. The predicted molar refractivity (Wildman–Crippen MR) is 69.5 cm³/mol. The highest BCUT2D eigenvalue weighted by Crippen LogP contribution is 2.46. The van der Waals surface area contributed by atoms with Crippen molar-refractivity contribution < 1.29 is 21.6 Å². The summed E-state index contributed by atoms with van der Waals surface area (Å²) in [7, 11) is -3.44. The molecule has 0 amide bonds. The number of piperidine rings is 1. The van der Waals surface area contributed by atoms with Crippen LogP contribution in [0.15, 0.2) is 0 Å². The molecule has 1 heterocycles. The molecule has 0 aromatic carbocycles. The fourth-order valence-corrected chi connectivity index (χ4v) is 5.21. The largest absolute Gasteiger partial charge is 0.395 e. The van der Waals surface area contributed by atoms with Crippen LogP contribution in [-0.4, -0.2) is 43.8 Å². The number of hydrogen-bond donors (Lipinski definition) is 1. The van der Waals surface area contributed by atoms with E-state index in [2.05, 4.69) is 0 Å². The predicted octanol–water partition coefficient (Wildman–Crippen LogP) is 1.86. The Bertz CT molecular complexity index is 436. The van der Waals surface area contributed by atoms with Crippen LogP contribution in [0.1, 0.15) is 38.5 Å². The van der Waals surface area contributed by atoms with Crippen molar-refractivity contribution in [3.63, 3.8) is 0 Å². The lowest BCUT2D eigenvalue weighted by atomic mass is 9.78. The van der Waals surface area contributed by atoms with Crippen LogP contribution in [0, 0.1) is 5.41 Å². The average Bonchev–Trinajstić information content (AvgIpc) is 2.92. The highest BCUT2D eigenvalue weighted by molar-refractivity contribution is 7.89. The molecule has 0 atom stereocenters. The van der Waals surface area contributed by atoms with Crippen molar-refractivity contribution in [2.75, 3.05) is 19.6 Å². The van der Waals surface area contributed by atoms with E-state index in [1.165, 1.54) is 4.31 Å². The Labute approximate surface area is 117 Å². The van der Waals surface area contributed by atoms with Crippen molar-refractivity contribution in [3.05, 3.63) is 0 Å². The van der Waals surface area contributed by atoms with Gasteiger partial charge in [-0.2, -0.15) is 13.2 Å². The minimum atomic E-state index is -4.37. The SMILES string of the molecule is NCC1(C(F)(F)F)CCN(S(=O)(=O)C2CCCC2)CC1. The minimum absolute atomic E-state index is 0.0739. The maximum atomic E-state index is 13.1. The molecule has 0 aromatic rings. The molecule has 2 aliphatic rings. The molecule has 2 rings (SSSR count). The van der Waals surface area contributed by atoms with Crippen molar-refractivity contribution in [2.45, 2.75) is 50.0 Å². The summed E-state index contributed by atoms with van der Waals surface area (Å²) in [5.74, 6) is 0. The van der Waals surface area contributed by atoms with E-state index in [-0.39, 0.29) is 25.9 Å². The third-order valence-corrected chi connectivity index (χ3v) is 7.15. The first-order valence-corrected chi connectivity index (χ1v) is 8.49. The van der Waals surface area contributed by atoms with E-state index in [9.17, 15) is 21.6 Å². The van der Waals surface area contributed by atoms with Gasteiger partial charge in [0.05, 0.1) is 10.7 Å². The lowest BCUT2D eigenvalue weighted by Crippen LogP contribution is -2.54. The molecule has 1 aliphatic carbocycles. The Hall–Kier alpha value is -0.340. The van der Waals surface area contributed by atoms with Crippen LogP contribution >= 0.6 is 0 Å². The van der Waals surface area contributed by atoms with E-state index in [1.807, 2.05) is 0 Å². The van der Waals surface area contributed by atoms with Gasteiger partial charge < -0.3 is 5.73 Å². The van der Waals surface area contributed by atoms with Gasteiger partial charge in [0.25, 0.3) is 0 Å². The molecule has 1 saturated heterocycles. The first kappa shape index (κ1) is 16.0. The number of hydrogen-bond acceptors (Lipinski definition) is 3. The first-order chi connectivity index (χ1) is 9.23. The molecule has 2 N–H and O–H groups in total. The van der Waals surface area contributed by atoms with E-state index in [0.717, 1.165) is 12.8 Å². The van der Waals surface area contributed by atoms with Crippen LogP contribution in [0.5, 0.6) is 0 Å². The summed E-state index contributed by atoms with van der Waals surface area (Å²) >= 11 is 0. The van der Waals surface area contributed by atoms with Crippen molar-refractivity contribution in [2.24, 2.45) is 11.1 Å². The normalized spacial score (nSPS) is 26.0. The number of alkyl halides is 3. The fraction of sp³-hybridized carbons (Fsp3) is 1.00. The van der Waals surface area contributed by atoms with E-state index in [1.54, 1.807) is 0 Å². The molecule has 1 aliphatic heterocycles. The summed E-state index contributed by atoms with van der Waals surface area (Å²) in [5, 5.41) is -0.404. The summed E-state index contributed by atoms with van der Waals surface area (Å²) in [6.45, 7) is -0.626. The van der Waals surface area contributed by atoms with Crippen LogP contribution in [0.4, 0.5) is 13.2 Å². The van der Waals surface area contributed by atoms with Gasteiger partial charge in [-0.1, -0.05) is 12.8 Å². The topological polar surface area (TPSA) is 63.4 Å². The van der Waals surface area contributed by atoms with Crippen molar-refractivity contribution >= 4 is 10.0 Å². The van der Waals surface area contributed by atoms with Gasteiger partial charge in [0, 0.05) is 19.6 Å². The van der Waals surface area contributed by atoms with E-state index >= 15 is 0 Å². The highest BCUT2D eigenvalue weighted by Gasteiger charge is 2.55. The molecule has 1 saturated carbocycles. The van der Waals surface area contributed by atoms with Crippen molar-refractivity contribution in [3.8, 4) is 0 Å². The number of halogens is 3. The molecule has 8 heteroatoms. The van der Waals surface area contributed by atoms with E-state index in [0.29, 0.717) is 12.8 Å². The summed E-state index contributed by atoms with van der Waals surface area (Å²) in [5.41, 5.74) is 3.39. The summed E-state index contributed by atoms with van der Waals surface area (Å²) in [6, 6.07) is 0. The second-order valence-corrected chi connectivity index (χ2v) is 8.05. The molecular formula is C12H21F3N2O2S. The Morgan fingerprint density at radius 1 is 1.15 bits per heavy atom. The standard InChI is InChI=1S/C12H21F3N2O2S/c13-12(14,15)11(9-16)5-7-17(8-6-11)20(18,19)10-3-1-2-4-10/h10H,1-9,16H2. The minimum Gasteiger partial charge on any atom is -0.330 e.